The molecule has 0 spiro atoms. The number of sulfonamides is 1. The second-order valence-corrected chi connectivity index (χ2v) is 12.9. The normalized spacial score (nSPS) is 14.8. The Morgan fingerprint density at radius 1 is 1.05 bits per heavy atom. The fourth-order valence-corrected chi connectivity index (χ4v) is 6.34. The highest BCUT2D eigenvalue weighted by Gasteiger charge is 2.30. The van der Waals surface area contributed by atoms with Gasteiger partial charge in [-0.3, -0.25) is 13.9 Å². The van der Waals surface area contributed by atoms with Gasteiger partial charge in [-0.25, -0.2) is 8.42 Å². The van der Waals surface area contributed by atoms with Crippen LogP contribution < -0.4 is 14.4 Å². The molecule has 2 aromatic carbocycles. The zero-order valence-corrected chi connectivity index (χ0v) is 25.7. The molecule has 0 aliphatic heterocycles. The molecule has 1 fully saturated rings. The van der Waals surface area contributed by atoms with Crippen LogP contribution in [-0.4, -0.2) is 57.1 Å². The minimum Gasteiger partial charge on any atom is -0.497 e. The Labute approximate surface area is 248 Å². The predicted octanol–water partition coefficient (Wildman–Crippen LogP) is 5.80. The number of carbonyl (C=O) groups excluding carboxylic acids is 2. The summed E-state index contributed by atoms with van der Waals surface area (Å²) in [6.45, 7) is 2.18. The second-order valence-electron chi connectivity index (χ2n) is 10.2. The van der Waals surface area contributed by atoms with Crippen molar-refractivity contribution < 1.29 is 22.7 Å². The van der Waals surface area contributed by atoms with Crippen molar-refractivity contribution in [1.82, 2.24) is 10.2 Å². The molecule has 40 heavy (non-hydrogen) atoms. The minimum atomic E-state index is -3.59. The van der Waals surface area contributed by atoms with Crippen LogP contribution in [0.25, 0.3) is 0 Å². The number of methoxy groups -OCH3 is 1. The molecule has 1 aliphatic carbocycles. The first-order chi connectivity index (χ1) is 19.0. The fraction of sp³-hybridized carbons (Fsp3) is 0.517. The fourth-order valence-electron chi connectivity index (χ4n) is 5.05. The standard InChI is InChI=1S/C29H39Cl2N3O5S/c1-4-27(29(36)32-22-9-6-5-7-10-22)33(20-21-12-17-25(30)26(31)19-21)28(35)11-8-18-34(40(3,37)38)23-13-15-24(39-2)16-14-23/h12-17,19,22,27H,4-11,18,20H2,1-3H3,(H,32,36)/t27-/m1/s1. The van der Waals surface area contributed by atoms with Crippen molar-refractivity contribution in [2.24, 2.45) is 0 Å². The van der Waals surface area contributed by atoms with Crippen LogP contribution >= 0.6 is 23.2 Å². The third-order valence-corrected chi connectivity index (χ3v) is 9.12. The first-order valence-electron chi connectivity index (χ1n) is 13.7. The number of rotatable bonds is 13. The van der Waals surface area contributed by atoms with E-state index in [1.54, 1.807) is 47.4 Å². The largest absolute Gasteiger partial charge is 0.497 e. The highest BCUT2D eigenvalue weighted by atomic mass is 35.5. The van der Waals surface area contributed by atoms with Crippen LogP contribution in [-0.2, 0) is 26.2 Å². The Balaban J connectivity index is 1.77. The van der Waals surface area contributed by atoms with Gasteiger partial charge in [-0.05, 0) is 67.6 Å². The molecule has 0 radical (unpaired) electrons. The van der Waals surface area contributed by atoms with Gasteiger partial charge in [0, 0.05) is 25.6 Å². The Morgan fingerprint density at radius 3 is 2.30 bits per heavy atom. The predicted molar refractivity (Wildman–Crippen MR) is 161 cm³/mol. The summed E-state index contributed by atoms with van der Waals surface area (Å²) in [7, 11) is -2.05. The summed E-state index contributed by atoms with van der Waals surface area (Å²) in [5, 5.41) is 3.94. The molecular formula is C29H39Cl2N3O5S. The molecule has 220 valence electrons. The lowest BCUT2D eigenvalue weighted by atomic mass is 9.95. The first kappa shape index (κ1) is 32.0. The van der Waals surface area contributed by atoms with Crippen LogP contribution in [0.2, 0.25) is 10.0 Å². The van der Waals surface area contributed by atoms with E-state index in [9.17, 15) is 18.0 Å². The molecule has 1 atom stereocenters. The van der Waals surface area contributed by atoms with Gasteiger partial charge in [-0.15, -0.1) is 0 Å². The van der Waals surface area contributed by atoms with E-state index in [4.69, 9.17) is 27.9 Å². The van der Waals surface area contributed by atoms with Gasteiger partial charge in [-0.2, -0.15) is 0 Å². The average molecular weight is 613 g/mol. The van der Waals surface area contributed by atoms with E-state index < -0.39 is 16.1 Å². The number of hydrogen-bond acceptors (Lipinski definition) is 5. The van der Waals surface area contributed by atoms with E-state index in [-0.39, 0.29) is 43.8 Å². The third kappa shape index (κ3) is 9.01. The maximum Gasteiger partial charge on any atom is 0.243 e. The number of anilines is 1. The topological polar surface area (TPSA) is 96.0 Å². The van der Waals surface area contributed by atoms with Gasteiger partial charge in [-0.1, -0.05) is 55.5 Å². The molecule has 2 aromatic rings. The number of nitrogens with zero attached hydrogens (tertiary/aromatic N) is 2. The van der Waals surface area contributed by atoms with Gasteiger partial charge in [0.1, 0.15) is 11.8 Å². The highest BCUT2D eigenvalue weighted by molar-refractivity contribution is 7.92. The van der Waals surface area contributed by atoms with Crippen LogP contribution in [0, 0.1) is 0 Å². The molecule has 8 nitrogen and oxygen atoms in total. The van der Waals surface area contributed by atoms with E-state index in [0.717, 1.165) is 37.5 Å². The van der Waals surface area contributed by atoms with Crippen molar-refractivity contribution in [1.29, 1.82) is 0 Å². The summed E-state index contributed by atoms with van der Waals surface area (Å²) in [6.07, 6.45) is 7.13. The van der Waals surface area contributed by atoms with Crippen molar-refractivity contribution in [3.8, 4) is 5.75 Å². The molecule has 0 bridgehead atoms. The smallest absolute Gasteiger partial charge is 0.243 e. The molecule has 3 rings (SSSR count). The van der Waals surface area contributed by atoms with Crippen LogP contribution in [0.5, 0.6) is 5.75 Å². The van der Waals surface area contributed by atoms with Crippen LogP contribution in [0.15, 0.2) is 42.5 Å². The number of benzene rings is 2. The zero-order valence-electron chi connectivity index (χ0n) is 23.4. The highest BCUT2D eigenvalue weighted by Crippen LogP contribution is 2.26. The van der Waals surface area contributed by atoms with Gasteiger partial charge in [0.2, 0.25) is 21.8 Å². The summed E-state index contributed by atoms with van der Waals surface area (Å²) < 4.78 is 31.5. The maximum atomic E-state index is 13.7. The Kier molecular flexibility index (Phi) is 12.0. The van der Waals surface area contributed by atoms with E-state index in [2.05, 4.69) is 5.32 Å². The second kappa shape index (κ2) is 14.9. The van der Waals surface area contributed by atoms with Gasteiger partial charge < -0.3 is 15.0 Å². The van der Waals surface area contributed by atoms with E-state index in [1.807, 2.05) is 6.92 Å². The van der Waals surface area contributed by atoms with Crippen molar-refractivity contribution in [2.45, 2.75) is 76.9 Å². The third-order valence-electron chi connectivity index (χ3n) is 7.19. The summed E-state index contributed by atoms with van der Waals surface area (Å²) in [4.78, 5) is 28.6. The maximum absolute atomic E-state index is 13.7. The van der Waals surface area contributed by atoms with Gasteiger partial charge in [0.15, 0.2) is 0 Å². The lowest BCUT2D eigenvalue weighted by Crippen LogP contribution is -2.51. The summed E-state index contributed by atoms with van der Waals surface area (Å²) in [6, 6.07) is 11.3. The van der Waals surface area contributed by atoms with Gasteiger partial charge >= 0.3 is 0 Å². The van der Waals surface area contributed by atoms with Gasteiger partial charge in [0.25, 0.3) is 0 Å². The summed E-state index contributed by atoms with van der Waals surface area (Å²) in [5.74, 6) is 0.209. The first-order valence-corrected chi connectivity index (χ1v) is 16.3. The number of nitrogens with one attached hydrogen (secondary N) is 1. The number of amides is 2. The molecule has 0 saturated heterocycles. The Bertz CT molecular complexity index is 1250. The van der Waals surface area contributed by atoms with Crippen LogP contribution in [0.1, 0.15) is 63.9 Å². The molecule has 1 N–H and O–H groups in total. The molecule has 0 heterocycles. The monoisotopic (exact) mass is 611 g/mol. The molecule has 1 aliphatic rings. The number of halogens is 2. The van der Waals surface area contributed by atoms with Crippen LogP contribution in [0.3, 0.4) is 0 Å². The van der Waals surface area contributed by atoms with Crippen molar-refractivity contribution >= 4 is 50.7 Å². The number of hydrogen-bond donors (Lipinski definition) is 1. The van der Waals surface area contributed by atoms with Crippen molar-refractivity contribution in [3.63, 3.8) is 0 Å². The van der Waals surface area contributed by atoms with E-state index in [0.29, 0.717) is 27.9 Å². The quantitative estimate of drug-likeness (QED) is 0.308. The SMILES string of the molecule is CC[C@H](C(=O)NC1CCCCC1)N(Cc1ccc(Cl)c(Cl)c1)C(=O)CCCN(c1ccc(OC)cc1)S(C)(=O)=O. The average Bonchev–Trinajstić information content (AvgIpc) is 2.92. The number of carbonyl (C=O) groups is 2. The summed E-state index contributed by atoms with van der Waals surface area (Å²) >= 11 is 12.3. The van der Waals surface area contributed by atoms with Gasteiger partial charge in [0.05, 0.1) is 29.1 Å². The molecule has 0 aromatic heterocycles. The molecule has 2 amide bonds. The Morgan fingerprint density at radius 2 is 1.73 bits per heavy atom. The molecular weight excluding hydrogens is 573 g/mol. The lowest BCUT2D eigenvalue weighted by molar-refractivity contribution is -0.141. The van der Waals surface area contributed by atoms with E-state index >= 15 is 0 Å². The van der Waals surface area contributed by atoms with E-state index in [1.165, 1.54) is 17.8 Å². The summed E-state index contributed by atoms with van der Waals surface area (Å²) in [5.41, 5.74) is 1.24. The minimum absolute atomic E-state index is 0.0662. The van der Waals surface area contributed by atoms with Crippen molar-refractivity contribution in [2.75, 3.05) is 24.2 Å². The zero-order chi connectivity index (χ0) is 29.3. The lowest BCUT2D eigenvalue weighted by Gasteiger charge is -2.33. The molecule has 11 heteroatoms. The molecule has 0 unspecified atom stereocenters. The Hall–Kier alpha value is -2.49. The van der Waals surface area contributed by atoms with Crippen molar-refractivity contribution in [3.05, 3.63) is 58.1 Å². The molecule has 1 saturated carbocycles. The van der Waals surface area contributed by atoms with Crippen LogP contribution in [0.4, 0.5) is 5.69 Å². The number of ether oxygens (including phenoxy) is 1.